The Labute approximate surface area is 133 Å². The van der Waals surface area contributed by atoms with E-state index in [0.717, 1.165) is 25.9 Å². The second-order valence-corrected chi connectivity index (χ2v) is 5.77. The molecule has 0 bridgehead atoms. The summed E-state index contributed by atoms with van der Waals surface area (Å²) >= 11 is 0. The molecule has 122 valence electrons. The van der Waals surface area contributed by atoms with Crippen molar-refractivity contribution in [2.24, 2.45) is 4.99 Å². The quantitative estimate of drug-likeness (QED) is 0.868. The van der Waals surface area contributed by atoms with Gasteiger partial charge in [-0.25, -0.2) is 9.38 Å². The van der Waals surface area contributed by atoms with Crippen molar-refractivity contribution in [1.82, 2.24) is 10.2 Å². The van der Waals surface area contributed by atoms with Crippen LogP contribution in [0.15, 0.2) is 29.3 Å². The van der Waals surface area contributed by atoms with Crippen LogP contribution < -0.4 is 10.6 Å². The fraction of sp³-hybridized carbons (Fsp3) is 0.438. The molecule has 0 spiro atoms. The average Bonchev–Trinajstić information content (AvgIpc) is 2.55. The number of nitrogens with one attached hydrogen (secondary N) is 2. The fourth-order valence-corrected chi connectivity index (χ4v) is 2.79. The van der Waals surface area contributed by atoms with Crippen LogP contribution in [-0.2, 0) is 9.59 Å². The van der Waals surface area contributed by atoms with E-state index >= 15 is 0 Å². The largest absolute Gasteiger partial charge is 0.343 e. The van der Waals surface area contributed by atoms with Crippen molar-refractivity contribution in [3.8, 4) is 0 Å². The highest BCUT2D eigenvalue weighted by Crippen LogP contribution is 2.15. The number of likely N-dealkylation sites (tertiary alicyclic amines) is 1. The van der Waals surface area contributed by atoms with Crippen molar-refractivity contribution in [3.63, 3.8) is 0 Å². The lowest BCUT2D eigenvalue weighted by Crippen LogP contribution is -2.51. The minimum absolute atomic E-state index is 0.00150. The summed E-state index contributed by atoms with van der Waals surface area (Å²) in [5.74, 6) is -0.582. The molecule has 0 radical (unpaired) electrons. The van der Waals surface area contributed by atoms with Gasteiger partial charge in [0, 0.05) is 18.8 Å². The van der Waals surface area contributed by atoms with Crippen molar-refractivity contribution < 1.29 is 14.0 Å². The Morgan fingerprint density at radius 3 is 2.83 bits per heavy atom. The first-order chi connectivity index (χ1) is 11.1. The van der Waals surface area contributed by atoms with Gasteiger partial charge in [0.1, 0.15) is 11.9 Å². The van der Waals surface area contributed by atoms with Crippen LogP contribution in [0.3, 0.4) is 0 Å². The second kappa shape index (κ2) is 6.76. The Hall–Kier alpha value is -2.44. The minimum atomic E-state index is -0.788. The summed E-state index contributed by atoms with van der Waals surface area (Å²) < 4.78 is 13.2. The molecule has 2 aliphatic rings. The van der Waals surface area contributed by atoms with Crippen LogP contribution in [0.2, 0.25) is 0 Å². The van der Waals surface area contributed by atoms with Crippen molar-refractivity contribution in [2.45, 2.75) is 31.7 Å². The molecule has 0 aliphatic carbocycles. The Morgan fingerprint density at radius 1 is 1.30 bits per heavy atom. The van der Waals surface area contributed by atoms with Crippen LogP contribution in [-0.4, -0.2) is 41.8 Å². The van der Waals surface area contributed by atoms with Gasteiger partial charge in [0.15, 0.2) is 0 Å². The number of hydrogen-bond acceptors (Lipinski definition) is 4. The number of hydrogen-bond donors (Lipinski definition) is 2. The van der Waals surface area contributed by atoms with E-state index in [-0.39, 0.29) is 12.3 Å². The average molecular weight is 318 g/mol. The van der Waals surface area contributed by atoms with Gasteiger partial charge in [0.2, 0.25) is 17.8 Å². The molecule has 1 fully saturated rings. The maximum atomic E-state index is 13.2. The standard InChI is InChI=1S/C16H19FN4O2/c17-11-5-4-6-12(9-11)18-15(23)13-10-14(22)20-16(19-13)21-7-2-1-3-8-21/h4-6,9,13H,1-3,7-8,10H2,(H,18,23)(H,19,20,22). The monoisotopic (exact) mass is 318 g/mol. The number of nitrogens with zero attached hydrogens (tertiary/aromatic N) is 2. The van der Waals surface area contributed by atoms with Gasteiger partial charge < -0.3 is 10.2 Å². The topological polar surface area (TPSA) is 73.8 Å². The molecule has 2 aliphatic heterocycles. The van der Waals surface area contributed by atoms with E-state index in [1.165, 1.54) is 24.6 Å². The summed E-state index contributed by atoms with van der Waals surface area (Å²) in [4.78, 5) is 30.6. The summed E-state index contributed by atoms with van der Waals surface area (Å²) in [5, 5.41) is 5.35. The van der Waals surface area contributed by atoms with E-state index in [1.54, 1.807) is 6.07 Å². The van der Waals surface area contributed by atoms with E-state index in [1.807, 2.05) is 4.90 Å². The molecule has 0 saturated carbocycles. The van der Waals surface area contributed by atoms with Crippen LogP contribution in [0.25, 0.3) is 0 Å². The highest BCUT2D eigenvalue weighted by Gasteiger charge is 2.29. The van der Waals surface area contributed by atoms with Crippen LogP contribution in [0.5, 0.6) is 0 Å². The molecule has 2 N–H and O–H groups in total. The van der Waals surface area contributed by atoms with Gasteiger partial charge in [-0.1, -0.05) is 6.07 Å². The third-order valence-corrected chi connectivity index (χ3v) is 3.96. The van der Waals surface area contributed by atoms with Crippen LogP contribution in [0, 0.1) is 5.82 Å². The molecule has 0 aromatic heterocycles. The molecule has 1 aromatic rings. The first-order valence-corrected chi connectivity index (χ1v) is 7.81. The smallest absolute Gasteiger partial charge is 0.249 e. The molecule has 1 aromatic carbocycles. The van der Waals surface area contributed by atoms with E-state index < -0.39 is 17.8 Å². The van der Waals surface area contributed by atoms with Gasteiger partial charge in [-0.2, -0.15) is 0 Å². The third kappa shape index (κ3) is 3.85. The number of halogens is 1. The van der Waals surface area contributed by atoms with Crippen molar-refractivity contribution in [2.75, 3.05) is 18.4 Å². The number of guanidine groups is 1. The van der Waals surface area contributed by atoms with E-state index in [4.69, 9.17) is 0 Å². The molecule has 7 heteroatoms. The number of piperidine rings is 1. The highest BCUT2D eigenvalue weighted by atomic mass is 19.1. The van der Waals surface area contributed by atoms with E-state index in [9.17, 15) is 14.0 Å². The van der Waals surface area contributed by atoms with Gasteiger partial charge in [-0.3, -0.25) is 14.9 Å². The first kappa shape index (κ1) is 15.5. The highest BCUT2D eigenvalue weighted by molar-refractivity contribution is 6.05. The number of rotatable bonds is 2. The van der Waals surface area contributed by atoms with Crippen molar-refractivity contribution in [1.29, 1.82) is 0 Å². The molecule has 1 saturated heterocycles. The van der Waals surface area contributed by atoms with Crippen LogP contribution in [0.4, 0.5) is 10.1 Å². The van der Waals surface area contributed by atoms with Gasteiger partial charge in [-0.15, -0.1) is 0 Å². The van der Waals surface area contributed by atoms with Gasteiger partial charge in [0.25, 0.3) is 0 Å². The Kier molecular flexibility index (Phi) is 4.55. The lowest BCUT2D eigenvalue weighted by atomic mass is 10.1. The number of benzene rings is 1. The number of aliphatic imine (C=N–C) groups is 1. The predicted octanol–water partition coefficient (Wildman–Crippen LogP) is 1.49. The summed E-state index contributed by atoms with van der Waals surface area (Å²) in [6, 6.07) is 4.86. The Balaban J connectivity index is 1.72. The van der Waals surface area contributed by atoms with Crippen molar-refractivity contribution in [3.05, 3.63) is 30.1 Å². The van der Waals surface area contributed by atoms with Crippen LogP contribution in [0.1, 0.15) is 25.7 Å². The molecule has 2 heterocycles. The SMILES string of the molecule is O=C1CC(C(=O)Nc2cccc(F)c2)N=C(N2CCCCC2)N1. The van der Waals surface area contributed by atoms with Crippen LogP contribution >= 0.6 is 0 Å². The lowest BCUT2D eigenvalue weighted by molar-refractivity contribution is -0.125. The molecular weight excluding hydrogens is 299 g/mol. The minimum Gasteiger partial charge on any atom is -0.343 e. The molecule has 2 amide bonds. The lowest BCUT2D eigenvalue weighted by Gasteiger charge is -2.32. The molecule has 1 atom stereocenters. The predicted molar refractivity (Wildman–Crippen MR) is 84.4 cm³/mol. The van der Waals surface area contributed by atoms with E-state index in [0.29, 0.717) is 11.6 Å². The third-order valence-electron chi connectivity index (χ3n) is 3.96. The zero-order valence-electron chi connectivity index (χ0n) is 12.7. The number of amides is 2. The number of carbonyl (C=O) groups excluding carboxylic acids is 2. The fourth-order valence-electron chi connectivity index (χ4n) is 2.79. The molecule has 6 nitrogen and oxygen atoms in total. The number of carbonyl (C=O) groups is 2. The first-order valence-electron chi connectivity index (χ1n) is 7.81. The normalized spacial score (nSPS) is 21.4. The zero-order chi connectivity index (χ0) is 16.2. The Bertz CT molecular complexity index is 641. The summed E-state index contributed by atoms with van der Waals surface area (Å²) in [6.07, 6.45) is 3.27. The van der Waals surface area contributed by atoms with Gasteiger partial charge >= 0.3 is 0 Å². The maximum Gasteiger partial charge on any atom is 0.249 e. The summed E-state index contributed by atoms with van der Waals surface area (Å²) in [6.45, 7) is 1.66. The molecular formula is C16H19FN4O2. The van der Waals surface area contributed by atoms with Gasteiger partial charge in [-0.05, 0) is 37.5 Å². The number of anilines is 1. The molecule has 3 rings (SSSR count). The molecule has 1 unspecified atom stereocenters. The summed E-state index contributed by atoms with van der Waals surface area (Å²) in [7, 11) is 0. The maximum absolute atomic E-state index is 13.2. The second-order valence-electron chi connectivity index (χ2n) is 5.77. The summed E-state index contributed by atoms with van der Waals surface area (Å²) in [5.41, 5.74) is 0.357. The van der Waals surface area contributed by atoms with Gasteiger partial charge in [0.05, 0.1) is 6.42 Å². The Morgan fingerprint density at radius 2 is 2.09 bits per heavy atom. The zero-order valence-corrected chi connectivity index (χ0v) is 12.7. The molecule has 23 heavy (non-hydrogen) atoms. The van der Waals surface area contributed by atoms with E-state index in [2.05, 4.69) is 15.6 Å². The van der Waals surface area contributed by atoms with Crippen molar-refractivity contribution >= 4 is 23.5 Å².